The van der Waals surface area contributed by atoms with Crippen LogP contribution in [0.4, 0.5) is 0 Å². The number of esters is 2. The Morgan fingerprint density at radius 2 is 0.726 bits per heavy atom. The predicted molar refractivity (Wildman–Crippen MR) is 270 cm³/mol. The topological polar surface area (TPSA) is 61.8 Å². The van der Waals surface area contributed by atoms with Crippen LogP contribution in [0.1, 0.15) is 252 Å². The molecule has 1 unspecified atom stereocenters. The molecule has 5 nitrogen and oxygen atoms in total. The first-order chi connectivity index (χ1) is 30.6. The van der Waals surface area contributed by atoms with Crippen molar-refractivity contribution in [2.24, 2.45) is 0 Å². The van der Waals surface area contributed by atoms with Crippen molar-refractivity contribution < 1.29 is 23.8 Å². The van der Waals surface area contributed by atoms with Crippen molar-refractivity contribution in [3.8, 4) is 0 Å². The lowest BCUT2D eigenvalue weighted by molar-refractivity contribution is -0.163. The summed E-state index contributed by atoms with van der Waals surface area (Å²) >= 11 is 0. The molecule has 0 aliphatic heterocycles. The molecule has 62 heavy (non-hydrogen) atoms. The second kappa shape index (κ2) is 52.7. The highest BCUT2D eigenvalue weighted by molar-refractivity contribution is 5.70. The SMILES string of the molecule is CC/C=C\C/C=C\C/C=C\CCCCCCCC(=O)OC(COCCCCCC/C=C\C/C=C\C/C=C\CC)COC(=O)CCCCCCCCCCCCCCCCCCC. The Bertz CT molecular complexity index is 1110. The number of ether oxygens (including phenoxy) is 3. The first-order valence-corrected chi connectivity index (χ1v) is 26.5. The van der Waals surface area contributed by atoms with E-state index in [0.29, 0.717) is 19.4 Å². The summed E-state index contributed by atoms with van der Waals surface area (Å²) in [6, 6.07) is 0. The summed E-state index contributed by atoms with van der Waals surface area (Å²) in [5.41, 5.74) is 0. The Kier molecular flexibility index (Phi) is 50.4. The summed E-state index contributed by atoms with van der Waals surface area (Å²) in [6.45, 7) is 7.56. The lowest BCUT2D eigenvalue weighted by Gasteiger charge is -2.18. The van der Waals surface area contributed by atoms with Gasteiger partial charge in [-0.05, 0) is 83.5 Å². The van der Waals surface area contributed by atoms with E-state index >= 15 is 0 Å². The van der Waals surface area contributed by atoms with Crippen molar-refractivity contribution in [1.82, 2.24) is 0 Å². The van der Waals surface area contributed by atoms with Gasteiger partial charge in [-0.1, -0.05) is 229 Å². The largest absolute Gasteiger partial charge is 0.462 e. The summed E-state index contributed by atoms with van der Waals surface area (Å²) in [7, 11) is 0. The molecule has 358 valence electrons. The number of hydrogen-bond donors (Lipinski definition) is 0. The van der Waals surface area contributed by atoms with Crippen LogP contribution in [-0.4, -0.2) is 37.9 Å². The van der Waals surface area contributed by atoms with E-state index in [2.05, 4.69) is 93.7 Å². The Balaban J connectivity index is 4.30. The average molecular weight is 865 g/mol. The van der Waals surface area contributed by atoms with Gasteiger partial charge in [0, 0.05) is 19.4 Å². The number of carbonyl (C=O) groups excluding carboxylic acids is 2. The van der Waals surface area contributed by atoms with E-state index in [4.69, 9.17) is 14.2 Å². The molecular weight excluding hydrogens is 765 g/mol. The van der Waals surface area contributed by atoms with Crippen LogP contribution in [0.5, 0.6) is 0 Å². The van der Waals surface area contributed by atoms with Gasteiger partial charge in [-0.3, -0.25) is 9.59 Å². The number of allylic oxidation sites excluding steroid dienone is 12. The zero-order valence-electron chi connectivity index (χ0n) is 41.1. The number of hydrogen-bond acceptors (Lipinski definition) is 5. The number of rotatable bonds is 48. The fourth-order valence-corrected chi connectivity index (χ4v) is 7.36. The Morgan fingerprint density at radius 3 is 1.16 bits per heavy atom. The Labute approximate surface area is 385 Å². The summed E-state index contributed by atoms with van der Waals surface area (Å²) in [4.78, 5) is 25.4. The molecule has 1 atom stereocenters. The molecule has 0 spiro atoms. The highest BCUT2D eigenvalue weighted by Gasteiger charge is 2.17. The minimum atomic E-state index is -0.557. The van der Waals surface area contributed by atoms with Gasteiger partial charge in [0.2, 0.25) is 0 Å². The molecule has 0 aromatic rings. The van der Waals surface area contributed by atoms with Crippen LogP contribution in [0.3, 0.4) is 0 Å². The third-order valence-electron chi connectivity index (χ3n) is 11.2. The van der Waals surface area contributed by atoms with E-state index in [9.17, 15) is 9.59 Å². The van der Waals surface area contributed by atoms with Crippen LogP contribution in [-0.2, 0) is 23.8 Å². The molecule has 0 N–H and O–H groups in total. The van der Waals surface area contributed by atoms with E-state index in [-0.39, 0.29) is 25.2 Å². The summed E-state index contributed by atoms with van der Waals surface area (Å²) in [6.07, 6.45) is 67.7. The summed E-state index contributed by atoms with van der Waals surface area (Å²) in [5.74, 6) is -0.423. The quantitative estimate of drug-likeness (QED) is 0.0346. The maximum Gasteiger partial charge on any atom is 0.306 e. The van der Waals surface area contributed by atoms with Crippen LogP contribution in [0, 0.1) is 0 Å². The fraction of sp³-hybridized carbons (Fsp3) is 0.754. The molecule has 0 heterocycles. The maximum atomic E-state index is 12.8. The fourth-order valence-electron chi connectivity index (χ4n) is 7.36. The molecule has 0 aromatic carbocycles. The van der Waals surface area contributed by atoms with Crippen molar-refractivity contribution in [1.29, 1.82) is 0 Å². The number of unbranched alkanes of at least 4 members (excludes halogenated alkanes) is 25. The monoisotopic (exact) mass is 865 g/mol. The summed E-state index contributed by atoms with van der Waals surface area (Å²) < 4.78 is 17.4. The van der Waals surface area contributed by atoms with Gasteiger partial charge in [0.25, 0.3) is 0 Å². The van der Waals surface area contributed by atoms with Gasteiger partial charge in [-0.15, -0.1) is 0 Å². The van der Waals surface area contributed by atoms with Crippen molar-refractivity contribution in [2.75, 3.05) is 19.8 Å². The van der Waals surface area contributed by atoms with Gasteiger partial charge >= 0.3 is 11.9 Å². The Morgan fingerprint density at radius 1 is 0.371 bits per heavy atom. The smallest absolute Gasteiger partial charge is 0.306 e. The van der Waals surface area contributed by atoms with Gasteiger partial charge in [0.1, 0.15) is 6.61 Å². The molecule has 0 bridgehead atoms. The van der Waals surface area contributed by atoms with E-state index in [1.54, 1.807) is 0 Å². The van der Waals surface area contributed by atoms with Crippen LogP contribution in [0.2, 0.25) is 0 Å². The van der Waals surface area contributed by atoms with Crippen LogP contribution >= 0.6 is 0 Å². The second-order valence-electron chi connectivity index (χ2n) is 17.4. The second-order valence-corrected chi connectivity index (χ2v) is 17.4. The molecule has 0 aromatic heterocycles. The van der Waals surface area contributed by atoms with E-state index in [1.165, 1.54) is 122 Å². The van der Waals surface area contributed by atoms with Crippen LogP contribution < -0.4 is 0 Å². The van der Waals surface area contributed by atoms with Crippen LogP contribution in [0.25, 0.3) is 0 Å². The molecule has 0 saturated carbocycles. The Hall–Kier alpha value is -2.66. The predicted octanol–water partition coefficient (Wildman–Crippen LogP) is 17.9. The molecule has 0 aliphatic carbocycles. The van der Waals surface area contributed by atoms with Gasteiger partial charge in [-0.2, -0.15) is 0 Å². The van der Waals surface area contributed by atoms with Gasteiger partial charge in [-0.25, -0.2) is 0 Å². The molecule has 0 radical (unpaired) electrons. The van der Waals surface area contributed by atoms with Crippen molar-refractivity contribution >= 4 is 11.9 Å². The van der Waals surface area contributed by atoms with Crippen molar-refractivity contribution in [3.63, 3.8) is 0 Å². The normalized spacial score (nSPS) is 12.8. The van der Waals surface area contributed by atoms with E-state index < -0.39 is 6.10 Å². The first kappa shape index (κ1) is 59.3. The lowest BCUT2D eigenvalue weighted by atomic mass is 10.0. The molecule has 0 amide bonds. The third kappa shape index (κ3) is 50.0. The van der Waals surface area contributed by atoms with Crippen molar-refractivity contribution in [2.45, 2.75) is 258 Å². The average Bonchev–Trinajstić information content (AvgIpc) is 3.27. The van der Waals surface area contributed by atoms with Crippen molar-refractivity contribution in [3.05, 3.63) is 72.9 Å². The van der Waals surface area contributed by atoms with Gasteiger partial charge < -0.3 is 14.2 Å². The minimum Gasteiger partial charge on any atom is -0.462 e. The molecule has 5 heteroatoms. The zero-order chi connectivity index (χ0) is 44.9. The van der Waals surface area contributed by atoms with E-state index in [0.717, 1.165) is 96.3 Å². The van der Waals surface area contributed by atoms with Gasteiger partial charge in [0.15, 0.2) is 6.10 Å². The first-order valence-electron chi connectivity index (χ1n) is 26.5. The van der Waals surface area contributed by atoms with Crippen LogP contribution in [0.15, 0.2) is 72.9 Å². The lowest BCUT2D eigenvalue weighted by Crippen LogP contribution is -2.30. The highest BCUT2D eigenvalue weighted by Crippen LogP contribution is 2.15. The van der Waals surface area contributed by atoms with E-state index in [1.807, 2.05) is 0 Å². The number of carbonyl (C=O) groups is 2. The summed E-state index contributed by atoms with van der Waals surface area (Å²) in [5, 5.41) is 0. The third-order valence-corrected chi connectivity index (χ3v) is 11.2. The molecule has 0 aliphatic rings. The molecule has 0 saturated heterocycles. The zero-order valence-corrected chi connectivity index (χ0v) is 41.1. The highest BCUT2D eigenvalue weighted by atomic mass is 16.6. The molecular formula is C57H100O5. The van der Waals surface area contributed by atoms with Gasteiger partial charge in [0.05, 0.1) is 6.61 Å². The molecule has 0 fully saturated rings. The molecule has 0 rings (SSSR count). The minimum absolute atomic E-state index is 0.0692. The standard InChI is InChI=1S/C57H100O5/c1-4-7-10-13-16-19-22-25-28-29-31-32-35-38-41-44-47-50-56(58)61-54-55(53-60-52-49-46-43-40-37-34-27-24-21-18-15-12-9-6-3)62-57(59)51-48-45-42-39-36-33-30-26-23-20-17-14-11-8-5-2/h8-9,11-12,17-18,20-21,26-27,30,34,55H,4-7,10,13-16,19,22-25,28-29,31-33,35-54H2,1-3H3/b11-8-,12-9-,20-17-,21-18-,30-26-,34-27-. The maximum absolute atomic E-state index is 12.8.